The summed E-state index contributed by atoms with van der Waals surface area (Å²) in [6, 6.07) is 34.7. The number of hydrogen-bond acceptors (Lipinski definition) is 4. The Morgan fingerprint density at radius 2 is 1.31 bits per heavy atom. The Kier molecular flexibility index (Phi) is 6.59. The van der Waals surface area contributed by atoms with E-state index in [1.807, 2.05) is 115 Å². The zero-order valence-electron chi connectivity index (χ0n) is 45.8. The molecule has 62 heavy (non-hydrogen) atoms. The number of imidazole rings is 1. The predicted octanol–water partition coefficient (Wildman–Crippen LogP) is 13.0. The van der Waals surface area contributed by atoms with Crippen LogP contribution in [-0.2, 0) is 19.4 Å². The molecule has 4 heterocycles. The van der Waals surface area contributed by atoms with E-state index >= 15 is 0 Å². The van der Waals surface area contributed by atoms with Crippen LogP contribution in [0, 0.1) is 10.7 Å². The average molecular weight is 995 g/mol. The molecule has 0 saturated heterocycles. The first-order valence-corrected chi connectivity index (χ1v) is 20.7. The van der Waals surface area contributed by atoms with Gasteiger partial charge >= 0.3 is 315 Å². The van der Waals surface area contributed by atoms with Crippen LogP contribution in [0.4, 0.5) is 11.5 Å². The van der Waals surface area contributed by atoms with Crippen LogP contribution in [0.3, 0.4) is 0 Å². The molecule has 0 aliphatic carbocycles. The first-order chi connectivity index (χ1) is 35.8. The average Bonchev–Trinajstić information content (AvgIpc) is 3.97. The standard InChI is InChI=1S/C53H39BN6O.Pt/c1-37-30-31-55-52(32-37)59-50-34-43(28-29-46(50)51-35-47(56-60(51)54(59)2)40-20-10-5-11-21-40)61-42-23-14-22-41(33-42)57-36-58(49-27-13-12-26-48(49)57)53-44(38-16-6-3-7-17-38)24-15-25-45(53)39-18-8-4-9-19-39;/h3-35H,1-2H3;/i2D3,3D,4D,6D,7D,8D,9D,16D,17D,18D,19D;. The second-order valence-corrected chi connectivity index (χ2v) is 15.6. The van der Waals surface area contributed by atoms with Crippen LogP contribution in [0.15, 0.2) is 200 Å². The Labute approximate surface area is 389 Å². The van der Waals surface area contributed by atoms with Gasteiger partial charge in [-0.1, -0.05) is 30.3 Å². The van der Waals surface area contributed by atoms with Gasteiger partial charge in [-0.2, -0.15) is 5.10 Å². The molecule has 7 aromatic carbocycles. The van der Waals surface area contributed by atoms with Crippen LogP contribution in [0.2, 0.25) is 6.75 Å². The van der Waals surface area contributed by atoms with Crippen LogP contribution in [0.5, 0.6) is 11.5 Å². The Balaban J connectivity index is 1.09. The molecule has 0 N–H and O–H groups in total. The fourth-order valence-corrected chi connectivity index (χ4v) is 9.11. The zero-order valence-corrected chi connectivity index (χ0v) is 35.0. The Morgan fingerprint density at radius 1 is 0.629 bits per heavy atom. The molecule has 0 bridgehead atoms. The normalized spacial score (nSPS) is 15.2. The van der Waals surface area contributed by atoms with Gasteiger partial charge in [0.05, 0.1) is 5.69 Å². The SMILES string of the molecule is [2H]c1c([2H])c([2H])c(-c2cccc(-c3c([2H])c([2H])c([2H])c([2H])c3[2H])c2-n2[c](=[Pt])n(-c3cccc(Oc4ccc5c(c4)N(c4cc(C)ccn4)B(C([2H])([2H])[2H])n4nc(-c6ccccc6)cc4-5)c3)c3ccccc32)c([2H])c1[2H]. The van der Waals surface area contributed by atoms with Gasteiger partial charge in [-0.05, 0) is 18.6 Å². The van der Waals surface area contributed by atoms with E-state index in [0.717, 1.165) is 11.1 Å². The molecule has 0 saturated carbocycles. The summed E-state index contributed by atoms with van der Waals surface area (Å²) < 4.78 is 127. The Morgan fingerprint density at radius 3 is 2.02 bits per heavy atom. The van der Waals surface area contributed by atoms with Crippen molar-refractivity contribution in [1.82, 2.24) is 23.8 Å². The number of aromatic nitrogens is 5. The van der Waals surface area contributed by atoms with Crippen LogP contribution < -0.4 is 9.55 Å². The number of aryl methyl sites for hydroxylation is 1. The first kappa shape index (κ1) is 26.1. The second kappa shape index (κ2) is 15.6. The quantitative estimate of drug-likeness (QED) is 0.142. The molecule has 10 aromatic rings. The number of para-hydroxylation sites is 3. The summed E-state index contributed by atoms with van der Waals surface area (Å²) in [7, 11) is 0. The molecule has 0 spiro atoms. The first-order valence-electron chi connectivity index (χ1n) is 26.1. The van der Waals surface area contributed by atoms with Crippen molar-refractivity contribution in [2.24, 2.45) is 0 Å². The van der Waals surface area contributed by atoms with E-state index in [-0.39, 0.29) is 27.9 Å². The van der Waals surface area contributed by atoms with Gasteiger partial charge in [0.15, 0.2) is 0 Å². The number of nitrogens with zero attached hydrogens (tertiary/aromatic N) is 6. The summed E-state index contributed by atoms with van der Waals surface area (Å²) in [6.07, 6.45) is 1.64. The van der Waals surface area contributed by atoms with Gasteiger partial charge in [0.25, 0.3) is 0 Å². The van der Waals surface area contributed by atoms with Crippen molar-refractivity contribution in [3.63, 3.8) is 0 Å². The number of pyridine rings is 1. The number of benzene rings is 7. The number of ether oxygens (including phenoxy) is 1. The molecule has 1 aliphatic rings. The van der Waals surface area contributed by atoms with E-state index in [9.17, 15) is 0 Å². The van der Waals surface area contributed by atoms with Gasteiger partial charge < -0.3 is 0 Å². The summed E-state index contributed by atoms with van der Waals surface area (Å²) in [5.41, 5.74) is 6.22. The van der Waals surface area contributed by atoms with Crippen LogP contribution in [-0.4, -0.2) is 30.8 Å². The molecule has 7 nitrogen and oxygen atoms in total. The number of anilines is 2. The van der Waals surface area contributed by atoms with E-state index in [0.29, 0.717) is 60.5 Å². The maximum atomic E-state index is 9.08. The van der Waals surface area contributed by atoms with Gasteiger partial charge in [0.1, 0.15) is 0 Å². The molecule has 0 radical (unpaired) electrons. The fourth-order valence-electron chi connectivity index (χ4n) is 8.01. The van der Waals surface area contributed by atoms with Crippen molar-refractivity contribution >= 4 is 29.5 Å². The topological polar surface area (TPSA) is 53.0 Å². The summed E-state index contributed by atoms with van der Waals surface area (Å²) in [5, 5.41) is 4.89. The molecule has 1 aliphatic heterocycles. The molecule has 300 valence electrons. The molecule has 11 rings (SSSR count). The van der Waals surface area contributed by atoms with Gasteiger partial charge in [-0.25, -0.2) is 0 Å². The van der Waals surface area contributed by atoms with E-state index in [1.165, 1.54) is 0 Å². The molecule has 0 fully saturated rings. The predicted molar refractivity (Wildman–Crippen MR) is 248 cm³/mol. The second-order valence-electron chi connectivity index (χ2n) is 14.5. The van der Waals surface area contributed by atoms with Crippen molar-refractivity contribution in [2.75, 3.05) is 4.81 Å². The molecule has 0 atom stereocenters. The van der Waals surface area contributed by atoms with E-state index in [2.05, 4.69) is 24.3 Å². The summed E-state index contributed by atoms with van der Waals surface area (Å²) in [5.74, 6) is 1.21. The minimum absolute atomic E-state index is 0.144. The third kappa shape index (κ3) is 6.55. The fraction of sp³-hybridized carbons (Fsp3) is 0.0377. The molecule has 0 unspecified atom stereocenters. The minimum atomic E-state index is -2.58. The molecule has 3 aromatic heterocycles. The van der Waals surface area contributed by atoms with E-state index in [1.54, 1.807) is 50.5 Å². The Hall–Kier alpha value is -7.28. The zero-order chi connectivity index (χ0) is 52.9. The monoisotopic (exact) mass is 994 g/mol. The molecule has 0 amide bonds. The van der Waals surface area contributed by atoms with E-state index in [4.69, 9.17) is 27.7 Å². The van der Waals surface area contributed by atoms with Crippen molar-refractivity contribution in [2.45, 2.75) is 13.7 Å². The number of hydrogen-bond donors (Lipinski definition) is 0. The maximum absolute atomic E-state index is 9.08. The van der Waals surface area contributed by atoms with Gasteiger partial charge in [0, 0.05) is 15.9 Å². The third-order valence-electron chi connectivity index (χ3n) is 10.7. The number of fused-ring (bicyclic) bond motifs is 4. The van der Waals surface area contributed by atoms with Gasteiger partial charge in [0.2, 0.25) is 0 Å². The van der Waals surface area contributed by atoms with Crippen LogP contribution in [0.25, 0.3) is 67.2 Å². The Bertz CT molecular complexity index is 3920. The summed E-state index contributed by atoms with van der Waals surface area (Å²) in [6.45, 7) is -1.95. The van der Waals surface area contributed by atoms with Crippen molar-refractivity contribution in [3.8, 4) is 67.6 Å². The third-order valence-corrected chi connectivity index (χ3v) is 11.8. The molecular formula is C53H39BN6OPt. The van der Waals surface area contributed by atoms with Crippen molar-refractivity contribution in [1.29, 1.82) is 0 Å². The van der Waals surface area contributed by atoms with Crippen molar-refractivity contribution in [3.05, 3.63) is 209 Å². The summed E-state index contributed by atoms with van der Waals surface area (Å²) in [4.78, 5) is 6.35. The number of rotatable bonds is 8. The molecule has 9 heteroatoms. The van der Waals surface area contributed by atoms with Gasteiger partial charge in [-0.3, -0.25) is 0 Å². The van der Waals surface area contributed by atoms with Crippen molar-refractivity contribution < 1.29 is 41.9 Å². The van der Waals surface area contributed by atoms with Crippen LogP contribution in [0.1, 0.15) is 23.4 Å². The van der Waals surface area contributed by atoms with Crippen LogP contribution >= 0.6 is 0 Å². The molecular weight excluding hydrogens is 943 g/mol. The van der Waals surface area contributed by atoms with E-state index < -0.39 is 74.2 Å². The van der Waals surface area contributed by atoms with Gasteiger partial charge in [-0.15, -0.1) is 0 Å². The summed E-state index contributed by atoms with van der Waals surface area (Å²) >= 11 is 2.13.